The predicted octanol–water partition coefficient (Wildman–Crippen LogP) is 1.72. The van der Waals surface area contributed by atoms with Crippen LogP contribution in [0.1, 0.15) is 12.1 Å². The zero-order valence-corrected chi connectivity index (χ0v) is 7.51. The fraction of sp³-hybridized carbons (Fsp3) is 0.222. The molecule has 5 nitrogen and oxygen atoms in total. The van der Waals surface area contributed by atoms with E-state index in [0.29, 0.717) is 24.3 Å². The van der Waals surface area contributed by atoms with Gasteiger partial charge in [-0.05, 0) is 23.6 Å². The largest absolute Gasteiger partial charge is 0.399 e. The van der Waals surface area contributed by atoms with Gasteiger partial charge >= 0.3 is 0 Å². The topological polar surface area (TPSA) is 87.7 Å². The number of anilines is 1. The summed E-state index contributed by atoms with van der Waals surface area (Å²) in [6, 6.07) is 3.39. The van der Waals surface area contributed by atoms with Crippen molar-refractivity contribution in [3.8, 4) is 11.8 Å². The van der Waals surface area contributed by atoms with Crippen LogP contribution in [0.15, 0.2) is 23.4 Å². The third-order valence-electron chi connectivity index (χ3n) is 1.40. The standard InChI is InChI=1S/C9H9N5/c10-8-4-6-12-9(7-8)3-1-2-5-13-14-11/h4,6-7H,2,5H2,(H2,10,12). The van der Waals surface area contributed by atoms with E-state index >= 15 is 0 Å². The molecule has 0 radical (unpaired) electrons. The zero-order valence-electron chi connectivity index (χ0n) is 7.51. The Morgan fingerprint density at radius 2 is 2.50 bits per heavy atom. The summed E-state index contributed by atoms with van der Waals surface area (Å²) >= 11 is 0. The van der Waals surface area contributed by atoms with Crippen LogP contribution in [0.25, 0.3) is 10.4 Å². The molecule has 0 bridgehead atoms. The van der Waals surface area contributed by atoms with E-state index in [0.717, 1.165) is 0 Å². The third kappa shape index (κ3) is 3.48. The molecule has 0 spiro atoms. The van der Waals surface area contributed by atoms with Crippen molar-refractivity contribution in [2.75, 3.05) is 12.3 Å². The highest BCUT2D eigenvalue weighted by Crippen LogP contribution is 2.00. The molecule has 0 fully saturated rings. The second-order valence-corrected chi connectivity index (χ2v) is 2.48. The van der Waals surface area contributed by atoms with Crippen molar-refractivity contribution in [3.63, 3.8) is 0 Å². The van der Waals surface area contributed by atoms with Gasteiger partial charge in [0, 0.05) is 29.8 Å². The predicted molar refractivity (Wildman–Crippen MR) is 54.2 cm³/mol. The lowest BCUT2D eigenvalue weighted by molar-refractivity contribution is 1.01. The highest BCUT2D eigenvalue weighted by atomic mass is 15.1. The van der Waals surface area contributed by atoms with E-state index in [-0.39, 0.29) is 0 Å². The summed E-state index contributed by atoms with van der Waals surface area (Å²) in [5.74, 6) is 5.65. The van der Waals surface area contributed by atoms with Gasteiger partial charge < -0.3 is 5.73 Å². The Morgan fingerprint density at radius 3 is 3.21 bits per heavy atom. The molecule has 0 aromatic carbocycles. The first-order valence-corrected chi connectivity index (χ1v) is 4.04. The van der Waals surface area contributed by atoms with Gasteiger partial charge in [-0.15, -0.1) is 0 Å². The maximum absolute atomic E-state index is 8.00. The average molecular weight is 187 g/mol. The van der Waals surface area contributed by atoms with E-state index in [1.165, 1.54) is 0 Å². The number of pyridine rings is 1. The molecule has 2 N–H and O–H groups in total. The van der Waals surface area contributed by atoms with Crippen LogP contribution >= 0.6 is 0 Å². The molecule has 70 valence electrons. The van der Waals surface area contributed by atoms with E-state index in [2.05, 4.69) is 26.9 Å². The summed E-state index contributed by atoms with van der Waals surface area (Å²) in [6.07, 6.45) is 2.13. The third-order valence-corrected chi connectivity index (χ3v) is 1.40. The lowest BCUT2D eigenvalue weighted by Gasteiger charge is -1.91. The molecule has 0 saturated heterocycles. The lowest BCUT2D eigenvalue weighted by Crippen LogP contribution is -1.87. The van der Waals surface area contributed by atoms with Crippen LogP contribution in [0, 0.1) is 11.8 Å². The minimum absolute atomic E-state index is 0.381. The second-order valence-electron chi connectivity index (χ2n) is 2.48. The number of rotatable bonds is 2. The van der Waals surface area contributed by atoms with Gasteiger partial charge in [0.05, 0.1) is 0 Å². The Kier molecular flexibility index (Phi) is 3.86. The maximum Gasteiger partial charge on any atom is 0.115 e. The molecule has 0 aliphatic heterocycles. The lowest BCUT2D eigenvalue weighted by atomic mass is 10.3. The number of nitrogen functional groups attached to an aromatic ring is 1. The van der Waals surface area contributed by atoms with Crippen molar-refractivity contribution < 1.29 is 0 Å². The molecule has 14 heavy (non-hydrogen) atoms. The number of hydrogen-bond donors (Lipinski definition) is 1. The Hall–Kier alpha value is -2.18. The first kappa shape index (κ1) is 9.90. The molecule has 1 rings (SSSR count). The summed E-state index contributed by atoms with van der Waals surface area (Å²) in [7, 11) is 0. The molecule has 5 heteroatoms. The zero-order chi connectivity index (χ0) is 10.2. The molecule has 0 saturated carbocycles. The first-order valence-electron chi connectivity index (χ1n) is 4.04. The Morgan fingerprint density at radius 1 is 1.64 bits per heavy atom. The van der Waals surface area contributed by atoms with Crippen molar-refractivity contribution in [3.05, 3.63) is 34.5 Å². The maximum atomic E-state index is 8.00. The monoisotopic (exact) mass is 187 g/mol. The van der Waals surface area contributed by atoms with E-state index in [9.17, 15) is 0 Å². The van der Waals surface area contributed by atoms with E-state index in [4.69, 9.17) is 11.3 Å². The molecule has 1 aromatic heterocycles. The molecular formula is C9H9N5. The minimum atomic E-state index is 0.381. The van der Waals surface area contributed by atoms with Crippen LogP contribution in [0.5, 0.6) is 0 Å². The van der Waals surface area contributed by atoms with Crippen LogP contribution in [0.3, 0.4) is 0 Å². The number of nitrogens with zero attached hydrogens (tertiary/aromatic N) is 4. The van der Waals surface area contributed by atoms with E-state index in [1.54, 1.807) is 18.3 Å². The Balaban J connectivity index is 2.54. The fourth-order valence-corrected chi connectivity index (χ4v) is 0.819. The number of aromatic nitrogens is 1. The molecule has 0 amide bonds. The summed E-state index contributed by atoms with van der Waals surface area (Å²) in [5.41, 5.74) is 14.8. The summed E-state index contributed by atoms with van der Waals surface area (Å²) in [6.45, 7) is 0.381. The highest BCUT2D eigenvalue weighted by Gasteiger charge is 1.87. The normalized spacial score (nSPS) is 8.29. The van der Waals surface area contributed by atoms with Crippen molar-refractivity contribution in [2.24, 2.45) is 5.11 Å². The van der Waals surface area contributed by atoms with Gasteiger partial charge in [0.1, 0.15) is 5.69 Å². The molecule has 0 aliphatic carbocycles. The van der Waals surface area contributed by atoms with Crippen molar-refractivity contribution in [2.45, 2.75) is 6.42 Å². The van der Waals surface area contributed by atoms with Crippen LogP contribution < -0.4 is 5.73 Å². The van der Waals surface area contributed by atoms with Gasteiger partial charge in [-0.2, -0.15) is 0 Å². The van der Waals surface area contributed by atoms with Crippen molar-refractivity contribution in [1.82, 2.24) is 4.98 Å². The second kappa shape index (κ2) is 5.46. The number of azide groups is 1. The Labute approximate surface area is 81.6 Å². The van der Waals surface area contributed by atoms with Crippen molar-refractivity contribution >= 4 is 5.69 Å². The van der Waals surface area contributed by atoms with Gasteiger partial charge in [0.2, 0.25) is 0 Å². The summed E-state index contributed by atoms with van der Waals surface area (Å²) in [5, 5.41) is 3.35. The van der Waals surface area contributed by atoms with Gasteiger partial charge in [-0.1, -0.05) is 11.0 Å². The van der Waals surface area contributed by atoms with Crippen LogP contribution in [0.2, 0.25) is 0 Å². The van der Waals surface area contributed by atoms with Gasteiger partial charge in [0.25, 0.3) is 0 Å². The van der Waals surface area contributed by atoms with Gasteiger partial charge in [-0.25, -0.2) is 4.98 Å². The van der Waals surface area contributed by atoms with E-state index in [1.807, 2.05) is 0 Å². The minimum Gasteiger partial charge on any atom is -0.399 e. The summed E-state index contributed by atoms with van der Waals surface area (Å²) in [4.78, 5) is 6.62. The summed E-state index contributed by atoms with van der Waals surface area (Å²) < 4.78 is 0. The van der Waals surface area contributed by atoms with E-state index < -0.39 is 0 Å². The molecule has 0 unspecified atom stereocenters. The molecule has 0 atom stereocenters. The van der Waals surface area contributed by atoms with Gasteiger partial charge in [-0.3, -0.25) is 0 Å². The highest BCUT2D eigenvalue weighted by molar-refractivity contribution is 5.42. The van der Waals surface area contributed by atoms with Crippen molar-refractivity contribution in [1.29, 1.82) is 0 Å². The quantitative estimate of drug-likeness (QED) is 0.251. The molecule has 1 aromatic rings. The average Bonchev–Trinajstić information content (AvgIpc) is 2.18. The number of nitrogens with two attached hydrogens (primary N) is 1. The van der Waals surface area contributed by atoms with Gasteiger partial charge in [0.15, 0.2) is 0 Å². The smallest absolute Gasteiger partial charge is 0.115 e. The Bertz CT molecular complexity index is 409. The first-order chi connectivity index (χ1) is 6.83. The molecular weight excluding hydrogens is 178 g/mol. The SMILES string of the molecule is [N-]=[N+]=NCCC#Cc1cc(N)ccn1. The molecule has 0 aliphatic rings. The van der Waals surface area contributed by atoms with Crippen LogP contribution in [0.4, 0.5) is 5.69 Å². The number of hydrogen-bond acceptors (Lipinski definition) is 3. The fourth-order valence-electron chi connectivity index (χ4n) is 0.819. The van der Waals surface area contributed by atoms with Crippen LogP contribution in [-0.4, -0.2) is 11.5 Å². The molecule has 1 heterocycles. The van der Waals surface area contributed by atoms with Crippen LogP contribution in [-0.2, 0) is 0 Å².